The van der Waals surface area contributed by atoms with Gasteiger partial charge in [0.05, 0.1) is 0 Å². The third kappa shape index (κ3) is 9.03. The van der Waals surface area contributed by atoms with Gasteiger partial charge in [-0.15, -0.1) is 0 Å². The molecule has 0 heterocycles. The van der Waals surface area contributed by atoms with Gasteiger partial charge < -0.3 is 6.58 Å². The van der Waals surface area contributed by atoms with Crippen molar-refractivity contribution in [3.63, 3.8) is 0 Å². The van der Waals surface area contributed by atoms with E-state index in [1.807, 2.05) is 0 Å². The average molecular weight is 108 g/mol. The van der Waals surface area contributed by atoms with Crippen LogP contribution in [0.2, 0.25) is 0 Å². The van der Waals surface area contributed by atoms with E-state index in [1.165, 1.54) is 0 Å². The normalized spacial score (nSPS) is 6.17. The molecule has 0 amide bonds. The van der Waals surface area contributed by atoms with E-state index in [9.17, 15) is 0 Å². The average Bonchev–Trinajstić information content (AvgIpc) is 1.41. The van der Waals surface area contributed by atoms with Crippen LogP contribution >= 0.6 is 0 Å². The molecule has 0 rings (SSSR count). The van der Waals surface area contributed by atoms with E-state index >= 15 is 0 Å². The van der Waals surface area contributed by atoms with Crippen LogP contribution in [0, 0.1) is 6.58 Å². The predicted molar refractivity (Wildman–Crippen MR) is 23.8 cm³/mol. The summed E-state index contributed by atoms with van der Waals surface area (Å²) in [6.07, 6.45) is 3.89. The van der Waals surface area contributed by atoms with Gasteiger partial charge >= 0.3 is 51.4 Å². The van der Waals surface area contributed by atoms with E-state index in [1.54, 1.807) is 6.08 Å². The molecule has 0 fully saturated rings. The first-order chi connectivity index (χ1) is 2.41. The fraction of sp³-hybridized carbons (Fsp3) is 0.600. The number of unbranched alkanes of at least 4 members (excludes halogenated alkanes) is 1. The quantitative estimate of drug-likeness (QED) is 0.307. The number of hydrogen-bond donors (Lipinski definition) is 0. The summed E-state index contributed by atoms with van der Waals surface area (Å²) >= 11 is 0. The summed E-state index contributed by atoms with van der Waals surface area (Å²) in [5, 5.41) is 0. The fourth-order valence-corrected chi connectivity index (χ4v) is 0.167. The van der Waals surface area contributed by atoms with Gasteiger partial charge in [-0.1, -0.05) is 19.8 Å². The minimum absolute atomic E-state index is 0. The van der Waals surface area contributed by atoms with Crippen molar-refractivity contribution in [1.29, 1.82) is 0 Å². The van der Waals surface area contributed by atoms with Crippen LogP contribution in [0.3, 0.4) is 0 Å². The van der Waals surface area contributed by atoms with Gasteiger partial charge in [0.25, 0.3) is 0 Å². The summed E-state index contributed by atoms with van der Waals surface area (Å²) in [6, 6.07) is 0. The van der Waals surface area contributed by atoms with E-state index in [0.29, 0.717) is 0 Å². The molecule has 1 heteroatoms. The van der Waals surface area contributed by atoms with Crippen LogP contribution in [0.15, 0.2) is 6.08 Å². The molecular weight excluding hydrogens is 99.2 g/mol. The van der Waals surface area contributed by atoms with E-state index < -0.39 is 0 Å². The second-order valence-electron chi connectivity index (χ2n) is 1.02. The molecule has 0 spiro atoms. The van der Waals surface area contributed by atoms with Gasteiger partial charge in [0.1, 0.15) is 0 Å². The maximum absolute atomic E-state index is 5.01. The van der Waals surface area contributed by atoms with Crippen molar-refractivity contribution in [3.8, 4) is 0 Å². The van der Waals surface area contributed by atoms with Crippen molar-refractivity contribution < 1.29 is 51.4 Å². The Bertz CT molecular complexity index is 25.1. The molecule has 0 saturated heterocycles. The van der Waals surface area contributed by atoms with Crippen LogP contribution in [0.5, 0.6) is 0 Å². The Morgan fingerprint density at radius 3 is 2.17 bits per heavy atom. The standard InChI is InChI=1S/C5H9.K/c1-3-5-4-2;/h1,3H,4-5H2,2H3;/q-1;+1. The van der Waals surface area contributed by atoms with Crippen molar-refractivity contribution in [2.24, 2.45) is 0 Å². The molecule has 0 N–H and O–H groups in total. The first kappa shape index (κ1) is 10.4. The summed E-state index contributed by atoms with van der Waals surface area (Å²) in [7, 11) is 0. The molecule has 0 nitrogen and oxygen atoms in total. The summed E-state index contributed by atoms with van der Waals surface area (Å²) in [5.41, 5.74) is 0. The van der Waals surface area contributed by atoms with Crippen LogP contribution in [-0.2, 0) is 0 Å². The molecule has 0 atom stereocenters. The Kier molecular flexibility index (Phi) is 16.6. The van der Waals surface area contributed by atoms with Crippen molar-refractivity contribution in [2.75, 3.05) is 0 Å². The number of rotatable bonds is 2. The number of allylic oxidation sites excluding steroid dienone is 1. The molecule has 0 aliphatic rings. The molecule has 0 unspecified atom stereocenters. The molecule has 0 aromatic heterocycles. The zero-order valence-electron chi connectivity index (χ0n) is 4.57. The monoisotopic (exact) mass is 108 g/mol. The second-order valence-corrected chi connectivity index (χ2v) is 1.02. The van der Waals surface area contributed by atoms with Gasteiger partial charge in [0.15, 0.2) is 0 Å². The Balaban J connectivity index is 0. The molecule has 0 aromatic carbocycles. The van der Waals surface area contributed by atoms with Crippen molar-refractivity contribution in [3.05, 3.63) is 12.7 Å². The molecule has 0 saturated carbocycles. The molecule has 0 aliphatic heterocycles. The summed E-state index contributed by atoms with van der Waals surface area (Å²) < 4.78 is 0. The van der Waals surface area contributed by atoms with Crippen LogP contribution in [0.4, 0.5) is 0 Å². The second kappa shape index (κ2) is 9.62. The van der Waals surface area contributed by atoms with E-state index in [-0.39, 0.29) is 51.4 Å². The SMILES string of the molecule is [CH-]=CCCC.[K+]. The molecule has 0 aliphatic carbocycles. The van der Waals surface area contributed by atoms with Crippen LogP contribution in [-0.4, -0.2) is 0 Å². The summed E-state index contributed by atoms with van der Waals surface area (Å²) in [4.78, 5) is 0. The predicted octanol–water partition coefficient (Wildman–Crippen LogP) is -1.22. The smallest absolute Gasteiger partial charge is 0.518 e. The maximum Gasteiger partial charge on any atom is 1.00 e. The van der Waals surface area contributed by atoms with E-state index in [2.05, 4.69) is 6.92 Å². The summed E-state index contributed by atoms with van der Waals surface area (Å²) in [6.45, 7) is 7.11. The third-order valence-electron chi connectivity index (χ3n) is 0.455. The van der Waals surface area contributed by atoms with Gasteiger partial charge in [-0.05, 0) is 0 Å². The van der Waals surface area contributed by atoms with Gasteiger partial charge in [0, 0.05) is 0 Å². The molecular formula is C5H9K. The van der Waals surface area contributed by atoms with Crippen LogP contribution in [0.25, 0.3) is 0 Å². The Labute approximate surface area is 82.4 Å². The fourth-order valence-electron chi connectivity index (χ4n) is 0.167. The van der Waals surface area contributed by atoms with Gasteiger partial charge in [0.2, 0.25) is 0 Å². The zero-order chi connectivity index (χ0) is 4.12. The Morgan fingerprint density at radius 1 is 1.67 bits per heavy atom. The minimum Gasteiger partial charge on any atom is -0.518 e. The van der Waals surface area contributed by atoms with Gasteiger partial charge in [-0.2, -0.15) is 0 Å². The van der Waals surface area contributed by atoms with Crippen LogP contribution < -0.4 is 51.4 Å². The number of hydrogen-bond acceptors (Lipinski definition) is 0. The largest absolute Gasteiger partial charge is 1.00 e. The molecule has 0 aromatic rings. The molecule has 30 valence electrons. The topological polar surface area (TPSA) is 0 Å². The van der Waals surface area contributed by atoms with Gasteiger partial charge in [-0.3, -0.25) is 6.08 Å². The van der Waals surface area contributed by atoms with E-state index in [4.69, 9.17) is 6.58 Å². The Hall–Kier alpha value is 1.38. The first-order valence-corrected chi connectivity index (χ1v) is 1.95. The van der Waals surface area contributed by atoms with Crippen LogP contribution in [0.1, 0.15) is 19.8 Å². The van der Waals surface area contributed by atoms with E-state index in [0.717, 1.165) is 12.8 Å². The molecule has 6 heavy (non-hydrogen) atoms. The maximum atomic E-state index is 5.01. The van der Waals surface area contributed by atoms with Crippen molar-refractivity contribution in [2.45, 2.75) is 19.8 Å². The third-order valence-corrected chi connectivity index (χ3v) is 0.455. The first-order valence-electron chi connectivity index (χ1n) is 1.95. The molecule has 0 radical (unpaired) electrons. The van der Waals surface area contributed by atoms with Gasteiger partial charge in [-0.25, -0.2) is 0 Å². The minimum atomic E-state index is 0. The molecule has 0 bridgehead atoms. The summed E-state index contributed by atoms with van der Waals surface area (Å²) in [5.74, 6) is 0. The van der Waals surface area contributed by atoms with Crippen molar-refractivity contribution in [1.82, 2.24) is 0 Å². The van der Waals surface area contributed by atoms with Crippen molar-refractivity contribution >= 4 is 0 Å². The Morgan fingerprint density at radius 2 is 2.17 bits per heavy atom. The zero-order valence-corrected chi connectivity index (χ0v) is 7.69.